The molecule has 5 heteroatoms. The fourth-order valence-corrected chi connectivity index (χ4v) is 3.51. The number of ketones is 1. The summed E-state index contributed by atoms with van der Waals surface area (Å²) >= 11 is 0. The van der Waals surface area contributed by atoms with Gasteiger partial charge in [0.2, 0.25) is 0 Å². The highest BCUT2D eigenvalue weighted by Crippen LogP contribution is 2.39. The molecule has 22 heavy (non-hydrogen) atoms. The molecule has 118 valence electrons. The minimum absolute atomic E-state index is 0.258. The number of carboxylic acids is 1. The van der Waals surface area contributed by atoms with Crippen molar-refractivity contribution in [1.29, 1.82) is 0 Å². The largest absolute Gasteiger partial charge is 0.481 e. The van der Waals surface area contributed by atoms with E-state index < -0.39 is 11.9 Å². The summed E-state index contributed by atoms with van der Waals surface area (Å²) in [5.74, 6) is -2.24. The number of piperidine rings is 1. The van der Waals surface area contributed by atoms with Crippen LogP contribution in [0.5, 0.6) is 0 Å². The van der Waals surface area contributed by atoms with Crippen molar-refractivity contribution >= 4 is 23.1 Å². The van der Waals surface area contributed by atoms with Gasteiger partial charge in [-0.15, -0.1) is 0 Å². The number of carbonyl (C=O) groups is 2. The van der Waals surface area contributed by atoms with Crippen molar-refractivity contribution in [3.63, 3.8) is 0 Å². The molecule has 2 aliphatic rings. The van der Waals surface area contributed by atoms with Crippen molar-refractivity contribution < 1.29 is 14.7 Å². The Kier molecular flexibility index (Phi) is 4.05. The van der Waals surface area contributed by atoms with Gasteiger partial charge in [-0.3, -0.25) is 9.59 Å². The molecule has 1 unspecified atom stereocenters. The molecule has 1 aromatic rings. The number of aliphatic carboxylic acids is 1. The minimum atomic E-state index is -1.03. The molecule has 0 aromatic heterocycles. The average molecular weight is 302 g/mol. The highest BCUT2D eigenvalue weighted by molar-refractivity contribution is 6.14. The molecule has 0 bridgehead atoms. The topological polar surface area (TPSA) is 60.9 Å². The Hall–Kier alpha value is -2.04. The highest BCUT2D eigenvalue weighted by atomic mass is 16.4. The number of anilines is 2. The zero-order valence-electron chi connectivity index (χ0n) is 12.9. The Morgan fingerprint density at radius 3 is 2.64 bits per heavy atom. The maximum Gasteiger partial charge on any atom is 0.316 e. The standard InChI is InChI=1S/C17H22N2O3/c1-2-18-11-13(17(21)22)16(20)12-7-6-8-14(15(12)18)19-9-4-3-5-10-19/h6-8,13H,2-5,9-11H2,1H3,(H,21,22). The van der Waals surface area contributed by atoms with E-state index in [1.54, 1.807) is 6.07 Å². The van der Waals surface area contributed by atoms with Crippen molar-refractivity contribution in [2.45, 2.75) is 26.2 Å². The van der Waals surface area contributed by atoms with Crippen molar-refractivity contribution in [3.05, 3.63) is 23.8 Å². The highest BCUT2D eigenvalue weighted by Gasteiger charge is 2.37. The van der Waals surface area contributed by atoms with Gasteiger partial charge in [-0.05, 0) is 38.3 Å². The van der Waals surface area contributed by atoms with Crippen molar-refractivity contribution in [3.8, 4) is 0 Å². The number of hydrogen-bond acceptors (Lipinski definition) is 4. The molecule has 3 rings (SSSR count). The second-order valence-corrected chi connectivity index (χ2v) is 6.01. The second kappa shape index (κ2) is 5.99. The minimum Gasteiger partial charge on any atom is -0.481 e. The van der Waals surface area contributed by atoms with Gasteiger partial charge in [-0.1, -0.05) is 6.07 Å². The number of fused-ring (bicyclic) bond motifs is 1. The van der Waals surface area contributed by atoms with Gasteiger partial charge < -0.3 is 14.9 Å². The van der Waals surface area contributed by atoms with E-state index in [1.165, 1.54) is 19.3 Å². The van der Waals surface area contributed by atoms with Crippen LogP contribution < -0.4 is 9.80 Å². The number of hydrogen-bond donors (Lipinski definition) is 1. The molecule has 1 atom stereocenters. The van der Waals surface area contributed by atoms with Crippen LogP contribution >= 0.6 is 0 Å². The summed E-state index contributed by atoms with van der Waals surface area (Å²) in [6.07, 6.45) is 3.59. The van der Waals surface area contributed by atoms with E-state index in [0.717, 1.165) is 24.5 Å². The predicted octanol–water partition coefficient (Wildman–Crippen LogP) is 2.40. The summed E-state index contributed by atoms with van der Waals surface area (Å²) in [5.41, 5.74) is 2.56. The monoisotopic (exact) mass is 302 g/mol. The quantitative estimate of drug-likeness (QED) is 0.869. The first-order chi connectivity index (χ1) is 10.6. The summed E-state index contributed by atoms with van der Waals surface area (Å²) in [6, 6.07) is 5.70. The van der Waals surface area contributed by atoms with Gasteiger partial charge in [0.1, 0.15) is 5.92 Å². The maximum absolute atomic E-state index is 12.5. The van der Waals surface area contributed by atoms with Gasteiger partial charge in [0.15, 0.2) is 5.78 Å². The molecule has 0 spiro atoms. The summed E-state index contributed by atoms with van der Waals surface area (Å²) in [5, 5.41) is 9.31. The van der Waals surface area contributed by atoms with Crippen LogP contribution in [0.25, 0.3) is 0 Å². The van der Waals surface area contributed by atoms with Gasteiger partial charge in [0.05, 0.1) is 11.4 Å². The number of Topliss-reactive ketones (excluding diaryl/α,β-unsaturated/α-hetero) is 1. The molecule has 1 fully saturated rings. The number of para-hydroxylation sites is 1. The Labute approximate surface area is 130 Å². The normalized spacial score (nSPS) is 21.7. The van der Waals surface area contributed by atoms with Gasteiger partial charge in [-0.2, -0.15) is 0 Å². The van der Waals surface area contributed by atoms with Crippen LogP contribution in [0.3, 0.4) is 0 Å². The molecule has 0 radical (unpaired) electrons. The van der Waals surface area contributed by atoms with E-state index in [1.807, 2.05) is 17.9 Å². The van der Waals surface area contributed by atoms with Crippen LogP contribution in [-0.2, 0) is 4.79 Å². The molecule has 2 aliphatic heterocycles. The molecule has 1 saturated heterocycles. The first kappa shape index (κ1) is 14.9. The van der Waals surface area contributed by atoms with E-state index in [-0.39, 0.29) is 12.3 Å². The second-order valence-electron chi connectivity index (χ2n) is 6.01. The molecule has 0 amide bonds. The molecular weight excluding hydrogens is 280 g/mol. The summed E-state index contributed by atoms with van der Waals surface area (Å²) in [6.45, 7) is 4.98. The lowest BCUT2D eigenvalue weighted by Gasteiger charge is -2.38. The lowest BCUT2D eigenvalue weighted by molar-refractivity contribution is -0.139. The van der Waals surface area contributed by atoms with Crippen LogP contribution in [0.15, 0.2) is 18.2 Å². The van der Waals surface area contributed by atoms with E-state index in [4.69, 9.17) is 0 Å². The smallest absolute Gasteiger partial charge is 0.316 e. The number of nitrogens with zero attached hydrogens (tertiary/aromatic N) is 2. The summed E-state index contributed by atoms with van der Waals surface area (Å²) in [7, 11) is 0. The fourth-order valence-electron chi connectivity index (χ4n) is 3.51. The SMILES string of the molecule is CCN1CC(C(=O)O)C(=O)c2cccc(N3CCCCC3)c21. The third-order valence-corrected chi connectivity index (χ3v) is 4.69. The van der Waals surface area contributed by atoms with Crippen LogP contribution in [0.2, 0.25) is 0 Å². The lowest BCUT2D eigenvalue weighted by atomic mass is 9.90. The summed E-state index contributed by atoms with van der Waals surface area (Å²) < 4.78 is 0. The van der Waals surface area contributed by atoms with E-state index in [2.05, 4.69) is 11.0 Å². The van der Waals surface area contributed by atoms with Crippen molar-refractivity contribution in [2.24, 2.45) is 5.92 Å². The molecule has 0 saturated carbocycles. The molecule has 0 aliphatic carbocycles. The number of rotatable bonds is 3. The van der Waals surface area contributed by atoms with Gasteiger partial charge in [0, 0.05) is 31.7 Å². The van der Waals surface area contributed by atoms with Gasteiger partial charge in [0.25, 0.3) is 0 Å². The molecule has 1 aromatic carbocycles. The zero-order chi connectivity index (χ0) is 15.7. The van der Waals surface area contributed by atoms with Crippen molar-refractivity contribution in [1.82, 2.24) is 0 Å². The molecular formula is C17H22N2O3. The van der Waals surface area contributed by atoms with E-state index in [9.17, 15) is 14.7 Å². The summed E-state index contributed by atoms with van der Waals surface area (Å²) in [4.78, 5) is 28.3. The lowest BCUT2D eigenvalue weighted by Crippen LogP contribution is -2.44. The Morgan fingerprint density at radius 1 is 1.27 bits per heavy atom. The molecule has 1 N–H and O–H groups in total. The molecule has 2 heterocycles. The van der Waals surface area contributed by atoms with Crippen molar-refractivity contribution in [2.75, 3.05) is 36.0 Å². The zero-order valence-corrected chi connectivity index (χ0v) is 12.9. The predicted molar refractivity (Wildman–Crippen MR) is 85.8 cm³/mol. The van der Waals surface area contributed by atoms with Gasteiger partial charge in [-0.25, -0.2) is 0 Å². The first-order valence-corrected chi connectivity index (χ1v) is 8.03. The Morgan fingerprint density at radius 2 is 2.00 bits per heavy atom. The Balaban J connectivity index is 2.06. The van der Waals surface area contributed by atoms with Crippen LogP contribution in [0.1, 0.15) is 36.5 Å². The number of benzene rings is 1. The van der Waals surface area contributed by atoms with Gasteiger partial charge >= 0.3 is 5.97 Å². The fraction of sp³-hybridized carbons (Fsp3) is 0.529. The Bertz CT molecular complexity index is 594. The first-order valence-electron chi connectivity index (χ1n) is 8.03. The van der Waals surface area contributed by atoms with E-state index >= 15 is 0 Å². The maximum atomic E-state index is 12.5. The van der Waals surface area contributed by atoms with Crippen LogP contribution in [0.4, 0.5) is 11.4 Å². The van der Waals surface area contributed by atoms with E-state index in [0.29, 0.717) is 12.1 Å². The number of carboxylic acid groups (broad SMARTS) is 1. The third kappa shape index (κ3) is 2.45. The van der Waals surface area contributed by atoms with Crippen LogP contribution in [0, 0.1) is 5.92 Å². The number of carbonyl (C=O) groups excluding carboxylic acids is 1. The third-order valence-electron chi connectivity index (χ3n) is 4.69. The average Bonchev–Trinajstić information content (AvgIpc) is 2.55. The van der Waals surface area contributed by atoms with Crippen LogP contribution in [-0.4, -0.2) is 43.0 Å². The molecule has 5 nitrogen and oxygen atoms in total.